The molecule has 0 aliphatic rings. The topological polar surface area (TPSA) is 94.3 Å². The quantitative estimate of drug-likeness (QED) is 0.531. The van der Waals surface area contributed by atoms with Gasteiger partial charge in [0.25, 0.3) is 21.9 Å². The lowest BCUT2D eigenvalue weighted by Gasteiger charge is -2.05. The molecular weight excluding hydrogens is 385 g/mol. The van der Waals surface area contributed by atoms with Crippen molar-refractivity contribution in [3.05, 3.63) is 78.4 Å². The summed E-state index contributed by atoms with van der Waals surface area (Å²) in [6, 6.07) is 17.5. The highest BCUT2D eigenvalue weighted by molar-refractivity contribution is 7.92. The molecule has 0 unspecified atom stereocenters. The molecule has 4 aromatic rings. The summed E-state index contributed by atoms with van der Waals surface area (Å²) in [4.78, 5) is 4.06. The molecule has 0 amide bonds. The Labute approximate surface area is 159 Å². The highest BCUT2D eigenvalue weighted by Gasteiger charge is 2.17. The number of aromatic nitrogens is 2. The van der Waals surface area contributed by atoms with Crippen molar-refractivity contribution in [1.29, 1.82) is 0 Å². The first kappa shape index (κ1) is 17.9. The second-order valence-corrected chi connectivity index (χ2v) is 7.55. The summed E-state index contributed by atoms with van der Waals surface area (Å²) in [5, 5.41) is 5.17. The van der Waals surface area contributed by atoms with Gasteiger partial charge in [0.2, 0.25) is 0 Å². The van der Waals surface area contributed by atoms with Crippen LogP contribution >= 0.6 is 0 Å². The molecule has 1 heterocycles. The van der Waals surface area contributed by atoms with Crippen LogP contribution in [0.25, 0.3) is 10.8 Å². The summed E-state index contributed by atoms with van der Waals surface area (Å²) >= 11 is 0. The van der Waals surface area contributed by atoms with E-state index in [-0.39, 0.29) is 29.2 Å². The van der Waals surface area contributed by atoms with Crippen molar-refractivity contribution >= 4 is 26.7 Å². The number of hydrogen-bond acceptors (Lipinski definition) is 6. The smallest absolute Gasteiger partial charge is 0.277 e. The molecule has 7 nitrogen and oxygen atoms in total. The average molecular weight is 399 g/mol. The molecule has 0 atom stereocenters. The van der Waals surface area contributed by atoms with Gasteiger partial charge in [0.1, 0.15) is 11.6 Å². The Balaban J connectivity index is 1.43. The van der Waals surface area contributed by atoms with E-state index in [1.807, 2.05) is 0 Å². The largest absolute Gasteiger partial charge is 0.484 e. The van der Waals surface area contributed by atoms with E-state index in [2.05, 4.69) is 14.9 Å². The highest BCUT2D eigenvalue weighted by atomic mass is 32.2. The van der Waals surface area contributed by atoms with Crippen LogP contribution in [0.1, 0.15) is 5.89 Å². The summed E-state index contributed by atoms with van der Waals surface area (Å²) in [7, 11) is -3.80. The Hall–Kier alpha value is -3.46. The first-order chi connectivity index (χ1) is 13.5. The maximum absolute atomic E-state index is 13.2. The van der Waals surface area contributed by atoms with Gasteiger partial charge in [-0.05, 0) is 52.3 Å². The molecule has 3 aromatic carbocycles. The second kappa shape index (κ2) is 7.28. The monoisotopic (exact) mass is 399 g/mol. The van der Waals surface area contributed by atoms with Crippen LogP contribution in [-0.2, 0) is 16.6 Å². The molecule has 1 aromatic heterocycles. The van der Waals surface area contributed by atoms with Crippen molar-refractivity contribution in [1.82, 2.24) is 10.1 Å². The van der Waals surface area contributed by atoms with Gasteiger partial charge in [-0.25, -0.2) is 17.5 Å². The lowest BCUT2D eigenvalue weighted by molar-refractivity contribution is 0.243. The number of nitrogens with one attached hydrogen (secondary N) is 1. The summed E-state index contributed by atoms with van der Waals surface area (Å²) in [5.41, 5.74) is 0. The average Bonchev–Trinajstić information content (AvgIpc) is 3.13. The Kier molecular flexibility index (Phi) is 4.66. The van der Waals surface area contributed by atoms with Crippen LogP contribution in [0.4, 0.5) is 10.3 Å². The van der Waals surface area contributed by atoms with E-state index in [0.717, 1.165) is 10.8 Å². The third kappa shape index (κ3) is 3.94. The molecule has 1 N–H and O–H groups in total. The Morgan fingerprint density at radius 1 is 1.00 bits per heavy atom. The van der Waals surface area contributed by atoms with Gasteiger partial charge in [0, 0.05) is 0 Å². The standard InChI is InChI=1S/C19H14FN3O4S/c20-15-8-6-14-11-16(9-7-13(14)10-15)26-12-18-21-19(22-27-18)23-28(24,25)17-4-2-1-3-5-17/h1-11H,12H2,(H,22,23). The minimum absolute atomic E-state index is 0.0488. The van der Waals surface area contributed by atoms with Crippen molar-refractivity contribution < 1.29 is 22.1 Å². The molecular formula is C19H14FN3O4S. The summed E-state index contributed by atoms with van der Waals surface area (Å²) in [6.45, 7) is -0.0488. The zero-order valence-electron chi connectivity index (χ0n) is 14.4. The Morgan fingerprint density at radius 3 is 2.57 bits per heavy atom. The number of fused-ring (bicyclic) bond motifs is 1. The van der Waals surface area contributed by atoms with Crippen LogP contribution in [0.2, 0.25) is 0 Å². The Bertz CT molecular complexity index is 1230. The first-order valence-corrected chi connectivity index (χ1v) is 9.70. The Morgan fingerprint density at radius 2 is 1.75 bits per heavy atom. The molecule has 142 valence electrons. The minimum atomic E-state index is -3.80. The molecule has 0 bridgehead atoms. The third-order valence-electron chi connectivity index (χ3n) is 3.88. The maximum Gasteiger partial charge on any atom is 0.277 e. The normalized spacial score (nSPS) is 11.5. The summed E-state index contributed by atoms with van der Waals surface area (Å²) in [5.74, 6) is 0.141. The molecule has 0 saturated heterocycles. The van der Waals surface area contributed by atoms with E-state index >= 15 is 0 Å². The van der Waals surface area contributed by atoms with E-state index in [0.29, 0.717) is 5.75 Å². The minimum Gasteiger partial charge on any atom is -0.484 e. The van der Waals surface area contributed by atoms with E-state index in [9.17, 15) is 12.8 Å². The summed E-state index contributed by atoms with van der Waals surface area (Å²) in [6.07, 6.45) is 0. The number of halogens is 1. The van der Waals surface area contributed by atoms with Crippen LogP contribution < -0.4 is 9.46 Å². The lowest BCUT2D eigenvalue weighted by Crippen LogP contribution is -2.13. The molecule has 0 radical (unpaired) electrons. The van der Waals surface area contributed by atoms with Gasteiger partial charge >= 0.3 is 0 Å². The van der Waals surface area contributed by atoms with Gasteiger partial charge in [-0.2, -0.15) is 4.98 Å². The van der Waals surface area contributed by atoms with Crippen molar-refractivity contribution in [3.63, 3.8) is 0 Å². The lowest BCUT2D eigenvalue weighted by atomic mass is 10.1. The van der Waals surface area contributed by atoms with Gasteiger partial charge in [-0.3, -0.25) is 0 Å². The number of ether oxygens (including phenoxy) is 1. The van der Waals surface area contributed by atoms with Crippen molar-refractivity contribution in [2.75, 3.05) is 4.72 Å². The van der Waals surface area contributed by atoms with E-state index in [1.54, 1.807) is 42.5 Å². The molecule has 0 aliphatic heterocycles. The van der Waals surface area contributed by atoms with Gasteiger partial charge in [-0.1, -0.05) is 30.3 Å². The van der Waals surface area contributed by atoms with Gasteiger partial charge in [0.15, 0.2) is 6.61 Å². The van der Waals surface area contributed by atoms with Gasteiger partial charge in [-0.15, -0.1) is 0 Å². The molecule has 0 spiro atoms. The van der Waals surface area contributed by atoms with Crippen molar-refractivity contribution in [2.24, 2.45) is 0 Å². The van der Waals surface area contributed by atoms with Crippen molar-refractivity contribution in [2.45, 2.75) is 11.5 Å². The summed E-state index contributed by atoms with van der Waals surface area (Å²) < 4.78 is 50.6. The fourth-order valence-electron chi connectivity index (χ4n) is 2.56. The zero-order chi connectivity index (χ0) is 19.6. The van der Waals surface area contributed by atoms with Crippen molar-refractivity contribution in [3.8, 4) is 5.75 Å². The molecule has 28 heavy (non-hydrogen) atoms. The molecule has 0 saturated carbocycles. The number of sulfonamides is 1. The first-order valence-electron chi connectivity index (χ1n) is 8.22. The number of nitrogens with zero attached hydrogens (tertiary/aromatic N) is 2. The SMILES string of the molecule is O=S(=O)(Nc1noc(COc2ccc3cc(F)ccc3c2)n1)c1ccccc1. The molecule has 9 heteroatoms. The second-order valence-electron chi connectivity index (χ2n) is 5.87. The third-order valence-corrected chi connectivity index (χ3v) is 5.23. The van der Waals surface area contributed by atoms with Gasteiger partial charge in [0.05, 0.1) is 4.90 Å². The molecule has 0 fully saturated rings. The zero-order valence-corrected chi connectivity index (χ0v) is 15.2. The van der Waals surface area contributed by atoms with E-state index in [4.69, 9.17) is 9.26 Å². The number of benzene rings is 3. The van der Waals surface area contributed by atoms with Crippen LogP contribution in [0.3, 0.4) is 0 Å². The maximum atomic E-state index is 13.2. The predicted octanol–water partition coefficient (Wildman–Crippen LogP) is 3.74. The fourth-order valence-corrected chi connectivity index (χ4v) is 3.52. The number of rotatable bonds is 6. The van der Waals surface area contributed by atoms with Crippen LogP contribution in [0.5, 0.6) is 5.75 Å². The number of anilines is 1. The molecule has 0 aliphatic carbocycles. The van der Waals surface area contributed by atoms with Crippen LogP contribution in [-0.4, -0.2) is 18.6 Å². The highest BCUT2D eigenvalue weighted by Crippen LogP contribution is 2.22. The van der Waals surface area contributed by atoms with Gasteiger partial charge < -0.3 is 9.26 Å². The van der Waals surface area contributed by atoms with Crippen LogP contribution in [0.15, 0.2) is 76.1 Å². The fraction of sp³-hybridized carbons (Fsp3) is 0.0526. The van der Waals surface area contributed by atoms with Crippen LogP contribution in [0, 0.1) is 5.82 Å². The number of hydrogen-bond donors (Lipinski definition) is 1. The molecule has 4 rings (SSSR count). The van der Waals surface area contributed by atoms with E-state index < -0.39 is 10.0 Å². The predicted molar refractivity (Wildman–Crippen MR) is 99.8 cm³/mol. The van der Waals surface area contributed by atoms with E-state index in [1.165, 1.54) is 24.3 Å².